The van der Waals surface area contributed by atoms with Crippen LogP contribution in [-0.4, -0.2) is 28.8 Å². The van der Waals surface area contributed by atoms with Gasteiger partial charge >= 0.3 is 0 Å². The zero-order valence-corrected chi connectivity index (χ0v) is 13.9. The molecular weight excluding hydrogens is 302 g/mol. The van der Waals surface area contributed by atoms with E-state index in [1.54, 1.807) is 6.20 Å². The molecule has 2 aromatic rings. The molecule has 2 fully saturated rings. The van der Waals surface area contributed by atoms with E-state index in [2.05, 4.69) is 22.4 Å². The van der Waals surface area contributed by atoms with Crippen LogP contribution in [-0.2, 0) is 4.79 Å². The molecule has 2 saturated carbocycles. The van der Waals surface area contributed by atoms with Gasteiger partial charge in [0.25, 0.3) is 5.91 Å². The lowest BCUT2D eigenvalue weighted by Crippen LogP contribution is -2.42. The molecule has 1 heterocycles. The lowest BCUT2D eigenvalue weighted by atomic mass is 9.84. The Balaban J connectivity index is 1.34. The molecule has 0 spiro atoms. The third kappa shape index (κ3) is 2.95. The topological polar surface area (TPSA) is 64.1 Å². The van der Waals surface area contributed by atoms with Crippen molar-refractivity contribution in [1.82, 2.24) is 15.5 Å². The van der Waals surface area contributed by atoms with E-state index in [0.717, 1.165) is 22.6 Å². The molecule has 0 aliphatic heterocycles. The number of nitrogens with one attached hydrogen (secondary N) is 1. The van der Waals surface area contributed by atoms with Crippen LogP contribution >= 0.6 is 0 Å². The van der Waals surface area contributed by atoms with E-state index in [-0.39, 0.29) is 18.6 Å². The second-order valence-corrected chi connectivity index (χ2v) is 7.22. The van der Waals surface area contributed by atoms with E-state index >= 15 is 0 Å². The van der Waals surface area contributed by atoms with Crippen molar-refractivity contribution in [2.24, 2.45) is 17.8 Å². The summed E-state index contributed by atoms with van der Waals surface area (Å²) in [6.45, 7) is 2.11. The van der Waals surface area contributed by atoms with Crippen LogP contribution in [0.15, 0.2) is 30.5 Å². The molecule has 126 valence electrons. The molecule has 2 aliphatic carbocycles. The van der Waals surface area contributed by atoms with Crippen molar-refractivity contribution in [3.05, 3.63) is 30.5 Å². The second-order valence-electron chi connectivity index (χ2n) is 7.22. The molecule has 1 aromatic carbocycles. The van der Waals surface area contributed by atoms with Crippen molar-refractivity contribution in [2.75, 3.05) is 6.61 Å². The first-order chi connectivity index (χ1) is 11.7. The van der Waals surface area contributed by atoms with E-state index in [4.69, 9.17) is 4.74 Å². The number of carbonyl (C=O) groups is 1. The molecule has 0 unspecified atom stereocenters. The van der Waals surface area contributed by atoms with Crippen molar-refractivity contribution in [3.63, 3.8) is 0 Å². The van der Waals surface area contributed by atoms with Crippen LogP contribution < -0.4 is 10.1 Å². The number of fused-ring (bicyclic) bond motifs is 3. The van der Waals surface area contributed by atoms with Gasteiger partial charge in [-0.3, -0.25) is 4.79 Å². The third-order valence-electron chi connectivity index (χ3n) is 5.70. The first-order valence-electron chi connectivity index (χ1n) is 8.83. The third-order valence-corrected chi connectivity index (χ3v) is 5.70. The molecule has 0 radical (unpaired) electrons. The fourth-order valence-corrected chi connectivity index (χ4v) is 4.55. The van der Waals surface area contributed by atoms with Gasteiger partial charge in [0, 0.05) is 16.8 Å². The Kier molecular flexibility index (Phi) is 4.08. The Morgan fingerprint density at radius 2 is 2.21 bits per heavy atom. The predicted molar refractivity (Wildman–Crippen MR) is 91.6 cm³/mol. The average Bonchev–Trinajstić information content (AvgIpc) is 3.23. The number of benzene rings is 1. The van der Waals surface area contributed by atoms with Crippen LogP contribution in [0.25, 0.3) is 10.8 Å². The molecule has 4 atom stereocenters. The highest BCUT2D eigenvalue weighted by Gasteiger charge is 2.42. The summed E-state index contributed by atoms with van der Waals surface area (Å²) in [5, 5.41) is 12.9. The number of carbonyl (C=O) groups excluding carboxylic acids is 1. The molecule has 5 heteroatoms. The van der Waals surface area contributed by atoms with Crippen molar-refractivity contribution < 1.29 is 9.53 Å². The minimum absolute atomic E-state index is 0.0200. The predicted octanol–water partition coefficient (Wildman–Crippen LogP) is 2.95. The molecule has 1 N–H and O–H groups in total. The first-order valence-corrected chi connectivity index (χ1v) is 8.83. The van der Waals surface area contributed by atoms with Gasteiger partial charge in [-0.25, -0.2) is 0 Å². The van der Waals surface area contributed by atoms with Gasteiger partial charge in [0.05, 0.1) is 6.20 Å². The summed E-state index contributed by atoms with van der Waals surface area (Å²) >= 11 is 0. The summed E-state index contributed by atoms with van der Waals surface area (Å²) in [5.41, 5.74) is 0. The largest absolute Gasteiger partial charge is 0.466 e. The van der Waals surface area contributed by atoms with E-state index in [1.165, 1.54) is 25.7 Å². The van der Waals surface area contributed by atoms with Crippen LogP contribution in [0.4, 0.5) is 0 Å². The number of amides is 1. The number of rotatable bonds is 5. The Hall–Kier alpha value is -2.17. The van der Waals surface area contributed by atoms with Crippen molar-refractivity contribution in [1.29, 1.82) is 0 Å². The first kappa shape index (κ1) is 15.4. The summed E-state index contributed by atoms with van der Waals surface area (Å²) < 4.78 is 5.62. The maximum absolute atomic E-state index is 12.2. The summed E-state index contributed by atoms with van der Waals surface area (Å²) in [6.07, 6.45) is 7.02. The van der Waals surface area contributed by atoms with Gasteiger partial charge < -0.3 is 10.1 Å². The van der Waals surface area contributed by atoms with Crippen molar-refractivity contribution in [2.45, 2.75) is 38.6 Å². The highest BCUT2D eigenvalue weighted by atomic mass is 16.5. The Morgan fingerprint density at radius 3 is 3.00 bits per heavy atom. The minimum atomic E-state index is -0.0833. The molecule has 4 rings (SSSR count). The number of nitrogens with zero attached hydrogens (tertiary/aromatic N) is 2. The van der Waals surface area contributed by atoms with Gasteiger partial charge in [0.1, 0.15) is 0 Å². The number of hydrogen-bond acceptors (Lipinski definition) is 4. The van der Waals surface area contributed by atoms with Crippen LogP contribution in [0.1, 0.15) is 32.6 Å². The number of hydrogen-bond donors (Lipinski definition) is 1. The summed E-state index contributed by atoms with van der Waals surface area (Å²) in [4.78, 5) is 12.2. The quantitative estimate of drug-likeness (QED) is 0.918. The van der Waals surface area contributed by atoms with Gasteiger partial charge in [-0.15, -0.1) is 5.10 Å². The molecular formula is C19H23N3O2. The highest BCUT2D eigenvalue weighted by molar-refractivity contribution is 5.86. The fourth-order valence-electron chi connectivity index (χ4n) is 4.55. The van der Waals surface area contributed by atoms with E-state index < -0.39 is 0 Å². The zero-order valence-electron chi connectivity index (χ0n) is 13.9. The number of aromatic nitrogens is 2. The molecule has 0 saturated heterocycles. The Morgan fingerprint density at radius 1 is 1.33 bits per heavy atom. The van der Waals surface area contributed by atoms with Gasteiger partial charge in [-0.2, -0.15) is 5.10 Å². The highest BCUT2D eigenvalue weighted by Crippen LogP contribution is 2.49. The standard InChI is InChI=1S/C19H23N3O2/c1-12(17-9-13-6-7-14(17)8-13)21-18(23)11-24-19-16-5-3-2-4-15(16)10-20-22-19/h2-5,10,12-14,17H,6-9,11H2,1H3,(H,21,23)/t12-,13+,14+,17+/m1/s1. The lowest BCUT2D eigenvalue weighted by Gasteiger charge is -2.28. The van der Waals surface area contributed by atoms with Gasteiger partial charge in [-0.05, 0) is 50.0 Å². The smallest absolute Gasteiger partial charge is 0.258 e. The zero-order chi connectivity index (χ0) is 16.5. The summed E-state index contributed by atoms with van der Waals surface area (Å²) in [6, 6.07) is 7.96. The fraction of sp³-hybridized carbons (Fsp3) is 0.526. The van der Waals surface area contributed by atoms with Gasteiger partial charge in [0.15, 0.2) is 6.61 Å². The average molecular weight is 325 g/mol. The van der Waals surface area contributed by atoms with Gasteiger partial charge in [-0.1, -0.05) is 24.6 Å². The molecule has 5 nitrogen and oxygen atoms in total. The maximum atomic E-state index is 12.2. The van der Waals surface area contributed by atoms with Crippen LogP contribution in [0.2, 0.25) is 0 Å². The minimum Gasteiger partial charge on any atom is -0.466 e. The van der Waals surface area contributed by atoms with Crippen molar-refractivity contribution >= 4 is 16.7 Å². The molecule has 24 heavy (non-hydrogen) atoms. The van der Waals surface area contributed by atoms with Crippen LogP contribution in [0.5, 0.6) is 5.88 Å². The Bertz CT molecular complexity index is 743. The Labute approximate surface area is 141 Å². The van der Waals surface area contributed by atoms with Crippen molar-refractivity contribution in [3.8, 4) is 5.88 Å². The van der Waals surface area contributed by atoms with Gasteiger partial charge in [0.2, 0.25) is 5.88 Å². The van der Waals surface area contributed by atoms with Crippen LogP contribution in [0.3, 0.4) is 0 Å². The SMILES string of the molecule is C[C@@H](NC(=O)COc1nncc2ccccc12)[C@@H]1C[C@H]2CC[C@H]1C2. The van der Waals surface area contributed by atoms with E-state index in [1.807, 2.05) is 24.3 Å². The monoisotopic (exact) mass is 325 g/mol. The van der Waals surface area contributed by atoms with Crippen LogP contribution in [0, 0.1) is 17.8 Å². The van der Waals surface area contributed by atoms with E-state index in [0.29, 0.717) is 11.8 Å². The van der Waals surface area contributed by atoms with E-state index in [9.17, 15) is 4.79 Å². The lowest BCUT2D eigenvalue weighted by molar-refractivity contribution is -0.124. The number of ether oxygens (including phenoxy) is 1. The molecule has 1 amide bonds. The summed E-state index contributed by atoms with van der Waals surface area (Å²) in [5.74, 6) is 2.65. The molecule has 2 bridgehead atoms. The normalized spacial score (nSPS) is 26.5. The molecule has 2 aliphatic rings. The summed E-state index contributed by atoms with van der Waals surface area (Å²) in [7, 11) is 0. The second kappa shape index (κ2) is 6.38. The maximum Gasteiger partial charge on any atom is 0.258 e. The molecule has 1 aromatic heterocycles.